The second-order valence-electron chi connectivity index (χ2n) is 2.49. The summed E-state index contributed by atoms with van der Waals surface area (Å²) < 4.78 is 4.33. The third-order valence-electron chi connectivity index (χ3n) is 1.16. The maximum Gasteiger partial charge on any atom is 0.123 e. The van der Waals surface area contributed by atoms with Crippen molar-refractivity contribution in [1.29, 1.82) is 0 Å². The van der Waals surface area contributed by atoms with Crippen LogP contribution in [0.3, 0.4) is 0 Å². The van der Waals surface area contributed by atoms with Crippen molar-refractivity contribution in [3.8, 4) is 0 Å². The highest BCUT2D eigenvalue weighted by atomic mass is 16.5. The summed E-state index contributed by atoms with van der Waals surface area (Å²) in [5.41, 5.74) is 0. The molecule has 0 atom stereocenters. The summed E-state index contributed by atoms with van der Waals surface area (Å²) in [6, 6.07) is 1.72. The monoisotopic (exact) mass is 141 g/mol. The Balaban J connectivity index is 0.000000162. The highest BCUT2D eigenvalue weighted by molar-refractivity contribution is 4.67. The van der Waals surface area contributed by atoms with E-state index in [1.807, 2.05) is 0 Å². The predicted octanol–water partition coefficient (Wildman–Crippen LogP) is 2.73. The molecule has 0 unspecified atom stereocenters. The molecular weight excluding hydrogens is 126 g/mol. The molecule has 0 saturated heterocycles. The molecule has 1 aromatic rings. The van der Waals surface area contributed by atoms with Gasteiger partial charge in [-0.3, -0.25) is 0 Å². The minimum atomic E-state index is 0.884. The van der Waals surface area contributed by atoms with Crippen molar-refractivity contribution in [2.24, 2.45) is 5.92 Å². The summed E-state index contributed by atoms with van der Waals surface area (Å²) in [6.07, 6.45) is 4.40. The summed E-state index contributed by atoms with van der Waals surface area (Å²) in [7, 11) is 0. The second kappa shape index (κ2) is 6.33. The highest BCUT2D eigenvalue weighted by Crippen LogP contribution is 1.93. The lowest BCUT2D eigenvalue weighted by atomic mass is 10.2. The zero-order chi connectivity index (χ0) is 7.82. The molecule has 58 valence electrons. The molecule has 1 rings (SSSR count). The van der Waals surface area contributed by atoms with E-state index < -0.39 is 0 Å². The van der Waals surface area contributed by atoms with Gasteiger partial charge in [0.05, 0.1) is 6.20 Å². The van der Waals surface area contributed by atoms with Crippen LogP contribution >= 0.6 is 0 Å². The molecule has 0 bridgehead atoms. The molecule has 1 aromatic heterocycles. The van der Waals surface area contributed by atoms with Gasteiger partial charge in [0, 0.05) is 0 Å². The molecule has 2 nitrogen and oxygen atoms in total. The Labute approximate surface area is 62.2 Å². The molecule has 0 aliphatic rings. The van der Waals surface area contributed by atoms with E-state index in [0.29, 0.717) is 0 Å². The van der Waals surface area contributed by atoms with Crippen molar-refractivity contribution >= 4 is 0 Å². The van der Waals surface area contributed by atoms with Crippen molar-refractivity contribution in [3.05, 3.63) is 18.5 Å². The number of aromatic nitrogens is 1. The highest BCUT2D eigenvalue weighted by Gasteiger charge is 1.80. The normalized spacial score (nSPS) is 8.80. The average molecular weight is 141 g/mol. The van der Waals surface area contributed by atoms with E-state index in [9.17, 15) is 0 Å². The molecule has 0 aliphatic heterocycles. The predicted molar refractivity (Wildman–Crippen MR) is 41.6 cm³/mol. The SMILES string of the molecule is CCC(C)C.c1cnoc1. The molecule has 0 amide bonds. The smallest absolute Gasteiger partial charge is 0.123 e. The van der Waals surface area contributed by atoms with E-state index in [-0.39, 0.29) is 0 Å². The lowest BCUT2D eigenvalue weighted by Crippen LogP contribution is -1.77. The first-order chi connectivity index (χ1) is 4.77. The minimum absolute atomic E-state index is 0.884. The molecule has 0 fully saturated rings. The lowest BCUT2D eigenvalue weighted by Gasteiger charge is -1.90. The van der Waals surface area contributed by atoms with Crippen LogP contribution in [0, 0.1) is 5.92 Å². The first-order valence-electron chi connectivity index (χ1n) is 3.61. The van der Waals surface area contributed by atoms with Gasteiger partial charge in [0.15, 0.2) is 0 Å². The van der Waals surface area contributed by atoms with Crippen LogP contribution in [-0.4, -0.2) is 5.16 Å². The molecule has 10 heavy (non-hydrogen) atoms. The lowest BCUT2D eigenvalue weighted by molar-refractivity contribution is 0.420. The van der Waals surface area contributed by atoms with Crippen LogP contribution in [0.1, 0.15) is 27.2 Å². The summed E-state index contributed by atoms with van der Waals surface area (Å²) in [6.45, 7) is 6.64. The van der Waals surface area contributed by atoms with E-state index in [2.05, 4.69) is 30.5 Å². The maximum atomic E-state index is 4.33. The van der Waals surface area contributed by atoms with E-state index in [0.717, 1.165) is 5.92 Å². The quantitative estimate of drug-likeness (QED) is 0.601. The van der Waals surface area contributed by atoms with Crippen LogP contribution in [0.4, 0.5) is 0 Å². The Bertz CT molecular complexity index is 107. The number of hydrogen-bond acceptors (Lipinski definition) is 2. The molecule has 0 aliphatic carbocycles. The van der Waals surface area contributed by atoms with Gasteiger partial charge in [-0.25, -0.2) is 0 Å². The third-order valence-corrected chi connectivity index (χ3v) is 1.16. The van der Waals surface area contributed by atoms with Gasteiger partial charge in [0.25, 0.3) is 0 Å². The summed E-state index contributed by atoms with van der Waals surface area (Å²) in [5.74, 6) is 0.884. The molecule has 1 heterocycles. The van der Waals surface area contributed by atoms with Gasteiger partial charge >= 0.3 is 0 Å². The van der Waals surface area contributed by atoms with Gasteiger partial charge in [-0.1, -0.05) is 32.3 Å². The fraction of sp³-hybridized carbons (Fsp3) is 0.625. The van der Waals surface area contributed by atoms with Gasteiger partial charge in [0.1, 0.15) is 6.26 Å². The first kappa shape index (κ1) is 9.21. The summed E-state index contributed by atoms with van der Waals surface area (Å²) >= 11 is 0. The van der Waals surface area contributed by atoms with Gasteiger partial charge in [-0.2, -0.15) is 0 Å². The van der Waals surface area contributed by atoms with E-state index in [1.165, 1.54) is 12.7 Å². The molecule has 0 saturated carbocycles. The number of hydrogen-bond donors (Lipinski definition) is 0. The standard InChI is InChI=1S/C5H12.C3H3NO/c1-4-5(2)3;1-2-4-5-3-1/h5H,4H2,1-3H3;1-3H. The Kier molecular flexibility index (Phi) is 5.83. The Morgan fingerprint density at radius 1 is 1.50 bits per heavy atom. The van der Waals surface area contributed by atoms with Crippen LogP contribution in [0.25, 0.3) is 0 Å². The molecule has 0 radical (unpaired) electrons. The topological polar surface area (TPSA) is 26.0 Å². The van der Waals surface area contributed by atoms with Crippen LogP contribution in [0.5, 0.6) is 0 Å². The third kappa shape index (κ3) is 7.21. The first-order valence-corrected chi connectivity index (χ1v) is 3.61. The Morgan fingerprint density at radius 3 is 2.20 bits per heavy atom. The van der Waals surface area contributed by atoms with Crippen molar-refractivity contribution in [3.63, 3.8) is 0 Å². The molecule has 0 aromatic carbocycles. The molecular formula is C8H15NO. The Hall–Kier alpha value is -0.790. The minimum Gasteiger partial charge on any atom is -0.365 e. The van der Waals surface area contributed by atoms with Crippen molar-refractivity contribution in [2.75, 3.05) is 0 Å². The largest absolute Gasteiger partial charge is 0.365 e. The van der Waals surface area contributed by atoms with Crippen molar-refractivity contribution in [2.45, 2.75) is 27.2 Å². The fourth-order valence-corrected chi connectivity index (χ4v) is 0.176. The van der Waals surface area contributed by atoms with Crippen LogP contribution in [0.15, 0.2) is 23.0 Å². The van der Waals surface area contributed by atoms with Crippen LogP contribution in [0.2, 0.25) is 0 Å². The van der Waals surface area contributed by atoms with Gasteiger partial charge in [-0.05, 0) is 12.0 Å². The van der Waals surface area contributed by atoms with Gasteiger partial charge in [0.2, 0.25) is 0 Å². The van der Waals surface area contributed by atoms with Crippen molar-refractivity contribution in [1.82, 2.24) is 5.16 Å². The molecule has 0 N–H and O–H groups in total. The van der Waals surface area contributed by atoms with E-state index in [4.69, 9.17) is 0 Å². The summed E-state index contributed by atoms with van der Waals surface area (Å²) in [5, 5.41) is 3.35. The number of nitrogens with zero attached hydrogens (tertiary/aromatic N) is 1. The zero-order valence-corrected chi connectivity index (χ0v) is 6.87. The maximum absolute atomic E-state index is 4.33. The Morgan fingerprint density at radius 2 is 2.10 bits per heavy atom. The van der Waals surface area contributed by atoms with Crippen LogP contribution < -0.4 is 0 Å². The zero-order valence-electron chi connectivity index (χ0n) is 6.87. The number of rotatable bonds is 1. The van der Waals surface area contributed by atoms with E-state index >= 15 is 0 Å². The average Bonchev–Trinajstić information content (AvgIpc) is 2.43. The fourth-order valence-electron chi connectivity index (χ4n) is 0.176. The van der Waals surface area contributed by atoms with Crippen LogP contribution in [-0.2, 0) is 0 Å². The van der Waals surface area contributed by atoms with Gasteiger partial charge in [-0.15, -0.1) is 0 Å². The molecule has 0 spiro atoms. The van der Waals surface area contributed by atoms with Gasteiger partial charge < -0.3 is 4.52 Å². The van der Waals surface area contributed by atoms with E-state index in [1.54, 1.807) is 12.3 Å². The molecule has 2 heteroatoms. The summed E-state index contributed by atoms with van der Waals surface area (Å²) in [4.78, 5) is 0. The second-order valence-corrected chi connectivity index (χ2v) is 2.49. The van der Waals surface area contributed by atoms with Crippen molar-refractivity contribution < 1.29 is 4.52 Å².